The number of Topliss-reactive ketones (excluding diaryl/α,β-unsaturated/α-hetero) is 1. The van der Waals surface area contributed by atoms with Crippen LogP contribution in [0.2, 0.25) is 5.15 Å². The second-order valence-corrected chi connectivity index (χ2v) is 8.25. The molecule has 2 heterocycles. The number of amides is 1. The number of piperidine rings is 1. The highest BCUT2D eigenvalue weighted by Crippen LogP contribution is 2.25. The Labute approximate surface area is 188 Å². The van der Waals surface area contributed by atoms with Crippen molar-refractivity contribution in [1.29, 1.82) is 0 Å². The quantitative estimate of drug-likeness (QED) is 0.434. The monoisotopic (exact) mass is 443 g/mol. The fourth-order valence-electron chi connectivity index (χ4n) is 3.83. The van der Waals surface area contributed by atoms with Crippen LogP contribution in [0.5, 0.6) is 5.75 Å². The third kappa shape index (κ3) is 5.56. The van der Waals surface area contributed by atoms with Crippen molar-refractivity contribution in [1.82, 2.24) is 14.7 Å². The fraction of sp³-hybridized carbons (Fsp3) is 0.458. The largest absolute Gasteiger partial charge is 0.497 e. The molecule has 0 unspecified atom stereocenters. The number of hydrogen-bond acceptors (Lipinski definition) is 4. The van der Waals surface area contributed by atoms with Crippen molar-refractivity contribution in [2.75, 3.05) is 20.2 Å². The molecule has 1 aromatic heterocycles. The summed E-state index contributed by atoms with van der Waals surface area (Å²) in [6.45, 7) is 5.93. The Morgan fingerprint density at radius 1 is 1.23 bits per heavy atom. The maximum atomic E-state index is 12.8. The second kappa shape index (κ2) is 10.6. The molecule has 3 rings (SSSR count). The van der Waals surface area contributed by atoms with E-state index in [0.29, 0.717) is 36.6 Å². The van der Waals surface area contributed by atoms with Gasteiger partial charge >= 0.3 is 0 Å². The van der Waals surface area contributed by atoms with Crippen LogP contribution in [-0.2, 0) is 11.3 Å². The average molecular weight is 444 g/mol. The van der Waals surface area contributed by atoms with Crippen molar-refractivity contribution in [2.45, 2.75) is 46.1 Å². The standard InChI is InChI=1S/C24H30ClN3O3/c1-4-5-14-28-24(25)21(17(2)26-28)10-11-22(29)27-15-12-19(13-16-27)23(30)18-6-8-20(31-3)9-7-18/h6-11,19H,4-5,12-16H2,1-3H3/b11-10+. The molecule has 7 heteroatoms. The van der Waals surface area contributed by atoms with Crippen LogP contribution in [0, 0.1) is 12.8 Å². The van der Waals surface area contributed by atoms with E-state index >= 15 is 0 Å². The van der Waals surface area contributed by atoms with Crippen molar-refractivity contribution >= 4 is 29.4 Å². The number of benzene rings is 1. The molecule has 1 amide bonds. The molecule has 0 aliphatic carbocycles. The number of rotatable bonds is 8. The van der Waals surface area contributed by atoms with Gasteiger partial charge in [0.05, 0.1) is 12.8 Å². The van der Waals surface area contributed by atoms with Crippen LogP contribution < -0.4 is 4.74 Å². The van der Waals surface area contributed by atoms with Crippen molar-refractivity contribution < 1.29 is 14.3 Å². The average Bonchev–Trinajstić information content (AvgIpc) is 3.08. The predicted molar refractivity (Wildman–Crippen MR) is 123 cm³/mol. The van der Waals surface area contributed by atoms with Crippen LogP contribution in [0.3, 0.4) is 0 Å². The lowest BCUT2D eigenvalue weighted by molar-refractivity contribution is -0.127. The Kier molecular flexibility index (Phi) is 7.91. The van der Waals surface area contributed by atoms with Crippen molar-refractivity contribution in [2.24, 2.45) is 5.92 Å². The highest BCUT2D eigenvalue weighted by Gasteiger charge is 2.27. The van der Waals surface area contributed by atoms with Gasteiger partial charge in [0.2, 0.25) is 5.91 Å². The maximum absolute atomic E-state index is 12.8. The molecule has 1 saturated heterocycles. The van der Waals surface area contributed by atoms with E-state index in [0.717, 1.165) is 36.4 Å². The number of ether oxygens (including phenoxy) is 1. The van der Waals surface area contributed by atoms with Gasteiger partial charge in [0.25, 0.3) is 0 Å². The lowest BCUT2D eigenvalue weighted by Gasteiger charge is -2.30. The summed E-state index contributed by atoms with van der Waals surface area (Å²) in [6, 6.07) is 7.20. The molecular formula is C24H30ClN3O3. The summed E-state index contributed by atoms with van der Waals surface area (Å²) in [5.74, 6) is 0.740. The molecular weight excluding hydrogens is 414 g/mol. The molecule has 0 radical (unpaired) electrons. The first-order valence-electron chi connectivity index (χ1n) is 10.8. The van der Waals surface area contributed by atoms with Crippen LogP contribution in [0.25, 0.3) is 6.08 Å². The summed E-state index contributed by atoms with van der Waals surface area (Å²) in [5.41, 5.74) is 2.29. The summed E-state index contributed by atoms with van der Waals surface area (Å²) < 4.78 is 6.94. The van der Waals surface area contributed by atoms with Gasteiger partial charge in [0.15, 0.2) is 5.78 Å². The molecule has 1 aromatic carbocycles. The number of nitrogens with zero attached hydrogens (tertiary/aromatic N) is 3. The number of carbonyl (C=O) groups is 2. The van der Waals surface area contributed by atoms with Gasteiger partial charge in [-0.25, -0.2) is 0 Å². The van der Waals surface area contributed by atoms with E-state index in [2.05, 4.69) is 12.0 Å². The minimum Gasteiger partial charge on any atom is -0.497 e. The summed E-state index contributed by atoms with van der Waals surface area (Å²) in [5, 5.41) is 5.04. The number of aryl methyl sites for hydroxylation is 2. The topological polar surface area (TPSA) is 64.4 Å². The maximum Gasteiger partial charge on any atom is 0.246 e. The molecule has 0 N–H and O–H groups in total. The van der Waals surface area contributed by atoms with Gasteiger partial charge in [-0.1, -0.05) is 24.9 Å². The van der Waals surface area contributed by atoms with E-state index < -0.39 is 0 Å². The highest BCUT2D eigenvalue weighted by molar-refractivity contribution is 6.31. The van der Waals surface area contributed by atoms with Crippen LogP contribution >= 0.6 is 11.6 Å². The first-order chi connectivity index (χ1) is 14.9. The van der Waals surface area contributed by atoms with Gasteiger partial charge < -0.3 is 9.64 Å². The Morgan fingerprint density at radius 2 is 1.90 bits per heavy atom. The fourth-order valence-corrected chi connectivity index (χ4v) is 4.15. The van der Waals surface area contributed by atoms with Gasteiger partial charge in [-0.05, 0) is 56.5 Å². The zero-order valence-corrected chi connectivity index (χ0v) is 19.2. The van der Waals surface area contributed by atoms with Crippen molar-refractivity contribution in [3.05, 3.63) is 52.3 Å². The van der Waals surface area contributed by atoms with Gasteiger partial charge in [-0.3, -0.25) is 14.3 Å². The lowest BCUT2D eigenvalue weighted by atomic mass is 9.89. The molecule has 31 heavy (non-hydrogen) atoms. The SMILES string of the molecule is CCCCn1nc(C)c(/C=C/C(=O)N2CCC(C(=O)c3ccc(OC)cc3)CC2)c1Cl. The molecule has 2 aromatic rings. The van der Waals surface area contributed by atoms with E-state index in [9.17, 15) is 9.59 Å². The van der Waals surface area contributed by atoms with Crippen LogP contribution in [-0.4, -0.2) is 46.6 Å². The Hall–Kier alpha value is -2.60. The van der Waals surface area contributed by atoms with Gasteiger partial charge in [-0.2, -0.15) is 5.10 Å². The molecule has 166 valence electrons. The Morgan fingerprint density at radius 3 is 2.52 bits per heavy atom. The number of hydrogen-bond donors (Lipinski definition) is 0. The van der Waals surface area contributed by atoms with Gasteiger partial charge in [0, 0.05) is 42.8 Å². The first kappa shape index (κ1) is 23.1. The second-order valence-electron chi connectivity index (χ2n) is 7.89. The number of aromatic nitrogens is 2. The van der Waals surface area contributed by atoms with Crippen molar-refractivity contribution in [3.63, 3.8) is 0 Å². The zero-order chi connectivity index (χ0) is 22.4. The molecule has 0 bridgehead atoms. The summed E-state index contributed by atoms with van der Waals surface area (Å²) >= 11 is 6.44. The van der Waals surface area contributed by atoms with Gasteiger partial charge in [0.1, 0.15) is 10.9 Å². The van der Waals surface area contributed by atoms with Crippen LogP contribution in [0.4, 0.5) is 0 Å². The highest BCUT2D eigenvalue weighted by atomic mass is 35.5. The first-order valence-corrected chi connectivity index (χ1v) is 11.2. The minimum atomic E-state index is -0.0629. The molecule has 0 saturated carbocycles. The van der Waals surface area contributed by atoms with E-state index in [1.807, 2.05) is 6.92 Å². The number of carbonyl (C=O) groups excluding carboxylic acids is 2. The summed E-state index contributed by atoms with van der Waals surface area (Å²) in [7, 11) is 1.60. The van der Waals surface area contributed by atoms with E-state index in [4.69, 9.17) is 16.3 Å². The summed E-state index contributed by atoms with van der Waals surface area (Å²) in [4.78, 5) is 27.2. The molecule has 0 spiro atoms. The number of halogens is 1. The number of unbranched alkanes of at least 4 members (excludes halogenated alkanes) is 1. The molecule has 1 aliphatic rings. The molecule has 1 aliphatic heterocycles. The number of methoxy groups -OCH3 is 1. The number of ketones is 1. The Balaban J connectivity index is 1.56. The molecule has 1 fully saturated rings. The third-order valence-electron chi connectivity index (χ3n) is 5.78. The van der Waals surface area contributed by atoms with Crippen LogP contribution in [0.15, 0.2) is 30.3 Å². The zero-order valence-electron chi connectivity index (χ0n) is 18.4. The normalized spacial score (nSPS) is 14.9. The van der Waals surface area contributed by atoms with Crippen molar-refractivity contribution in [3.8, 4) is 5.75 Å². The molecule has 0 atom stereocenters. The summed E-state index contributed by atoms with van der Waals surface area (Å²) in [6.07, 6.45) is 6.72. The predicted octanol–water partition coefficient (Wildman–Crippen LogP) is 4.79. The molecule has 6 nitrogen and oxygen atoms in total. The van der Waals surface area contributed by atoms with E-state index in [1.54, 1.807) is 53.1 Å². The Bertz CT molecular complexity index is 942. The smallest absolute Gasteiger partial charge is 0.246 e. The van der Waals surface area contributed by atoms with Crippen LogP contribution in [0.1, 0.15) is 54.2 Å². The minimum absolute atomic E-state index is 0.0603. The van der Waals surface area contributed by atoms with E-state index in [-0.39, 0.29) is 17.6 Å². The van der Waals surface area contributed by atoms with E-state index in [1.165, 1.54) is 0 Å². The van der Waals surface area contributed by atoms with Gasteiger partial charge in [-0.15, -0.1) is 0 Å². The number of likely N-dealkylation sites (tertiary alicyclic amines) is 1. The lowest BCUT2D eigenvalue weighted by Crippen LogP contribution is -2.39. The third-order valence-corrected chi connectivity index (χ3v) is 6.18.